The van der Waals surface area contributed by atoms with Gasteiger partial charge in [0.05, 0.1) is 0 Å². The van der Waals surface area contributed by atoms with Gasteiger partial charge in [-0.2, -0.15) is 0 Å². The third kappa shape index (κ3) is 3.68. The highest BCUT2D eigenvalue weighted by Gasteiger charge is 2.37. The van der Waals surface area contributed by atoms with Gasteiger partial charge in [-0.05, 0) is 19.8 Å². The Morgan fingerprint density at radius 2 is 2.16 bits per heavy atom. The number of nitrogens with zero attached hydrogens (tertiary/aromatic N) is 1. The largest absolute Gasteiger partial charge is 0.480 e. The molecular formula is C13H22N2O4. The highest BCUT2D eigenvalue weighted by atomic mass is 16.4. The maximum absolute atomic E-state index is 12.1. The Labute approximate surface area is 113 Å². The topological polar surface area (TPSA) is 86.7 Å². The van der Waals surface area contributed by atoms with Crippen LogP contribution in [0.25, 0.3) is 0 Å². The van der Waals surface area contributed by atoms with Gasteiger partial charge < -0.3 is 15.3 Å². The van der Waals surface area contributed by atoms with Gasteiger partial charge in [0.1, 0.15) is 5.54 Å². The van der Waals surface area contributed by atoms with Crippen LogP contribution in [-0.2, 0) is 14.4 Å². The monoisotopic (exact) mass is 270 g/mol. The van der Waals surface area contributed by atoms with Crippen LogP contribution in [0.5, 0.6) is 0 Å². The lowest BCUT2D eigenvalue weighted by Crippen LogP contribution is -2.55. The first-order valence-electron chi connectivity index (χ1n) is 6.59. The van der Waals surface area contributed by atoms with Crippen molar-refractivity contribution in [2.24, 2.45) is 5.92 Å². The average Bonchev–Trinajstić information content (AvgIpc) is 2.32. The van der Waals surface area contributed by atoms with Crippen molar-refractivity contribution in [3.05, 3.63) is 0 Å². The Bertz CT molecular complexity index is 383. The predicted octanol–water partition coefficient (Wildman–Crippen LogP) is 0.614. The quantitative estimate of drug-likeness (QED) is 0.766. The number of carboxylic acids is 1. The van der Waals surface area contributed by atoms with Gasteiger partial charge in [0.25, 0.3) is 0 Å². The molecule has 0 aromatic rings. The molecule has 2 N–H and O–H groups in total. The minimum Gasteiger partial charge on any atom is -0.480 e. The van der Waals surface area contributed by atoms with E-state index in [9.17, 15) is 19.5 Å². The summed E-state index contributed by atoms with van der Waals surface area (Å²) in [6.45, 7) is 3.91. The van der Waals surface area contributed by atoms with Crippen LogP contribution in [0.15, 0.2) is 0 Å². The number of hydrogen-bond donors (Lipinski definition) is 2. The van der Waals surface area contributed by atoms with E-state index >= 15 is 0 Å². The maximum Gasteiger partial charge on any atom is 0.329 e. The number of aliphatic carboxylic acids is 1. The summed E-state index contributed by atoms with van der Waals surface area (Å²) in [6, 6.07) is 0. The Kier molecular flexibility index (Phi) is 4.91. The van der Waals surface area contributed by atoms with Crippen LogP contribution in [0.3, 0.4) is 0 Å². The van der Waals surface area contributed by atoms with E-state index in [1.54, 1.807) is 11.9 Å². The van der Waals surface area contributed by atoms with Crippen molar-refractivity contribution in [3.63, 3.8) is 0 Å². The van der Waals surface area contributed by atoms with E-state index in [-0.39, 0.29) is 18.2 Å². The zero-order chi connectivity index (χ0) is 14.6. The van der Waals surface area contributed by atoms with Crippen molar-refractivity contribution in [1.82, 2.24) is 10.2 Å². The molecule has 1 saturated heterocycles. The van der Waals surface area contributed by atoms with Crippen LogP contribution in [0.4, 0.5) is 0 Å². The fourth-order valence-electron chi connectivity index (χ4n) is 2.26. The number of carboxylic acid groups (broad SMARTS) is 1. The number of likely N-dealkylation sites (tertiary alicyclic amines) is 1. The molecule has 2 unspecified atom stereocenters. The highest BCUT2D eigenvalue weighted by Crippen LogP contribution is 2.20. The number of hydrogen-bond acceptors (Lipinski definition) is 3. The third-order valence-corrected chi connectivity index (χ3v) is 3.65. The minimum atomic E-state index is -1.25. The van der Waals surface area contributed by atoms with Crippen molar-refractivity contribution in [2.45, 2.75) is 45.1 Å². The van der Waals surface area contributed by atoms with E-state index < -0.39 is 17.4 Å². The van der Waals surface area contributed by atoms with Crippen LogP contribution < -0.4 is 5.32 Å². The van der Waals surface area contributed by atoms with Crippen LogP contribution in [0.1, 0.15) is 39.5 Å². The molecule has 6 nitrogen and oxygen atoms in total. The molecule has 1 aliphatic heterocycles. The van der Waals surface area contributed by atoms with E-state index in [0.29, 0.717) is 25.8 Å². The van der Waals surface area contributed by atoms with Gasteiger partial charge in [0.2, 0.25) is 11.8 Å². The van der Waals surface area contributed by atoms with Crippen LogP contribution in [-0.4, -0.2) is 46.9 Å². The number of nitrogens with one attached hydrogen (secondary N) is 1. The molecule has 1 fully saturated rings. The summed E-state index contributed by atoms with van der Waals surface area (Å²) in [5.41, 5.74) is -1.25. The van der Waals surface area contributed by atoms with E-state index in [1.807, 2.05) is 6.92 Å². The molecule has 2 amide bonds. The van der Waals surface area contributed by atoms with E-state index in [2.05, 4.69) is 5.32 Å². The molecule has 0 saturated carbocycles. The van der Waals surface area contributed by atoms with Gasteiger partial charge in [-0.3, -0.25) is 9.59 Å². The fraction of sp³-hybridized carbons (Fsp3) is 0.769. The lowest BCUT2D eigenvalue weighted by molar-refractivity contribution is -0.149. The number of amides is 2. The molecule has 0 spiro atoms. The zero-order valence-electron chi connectivity index (χ0n) is 11.7. The average molecular weight is 270 g/mol. The van der Waals surface area contributed by atoms with Crippen LogP contribution in [0.2, 0.25) is 0 Å². The first-order valence-corrected chi connectivity index (χ1v) is 6.59. The second-order valence-corrected chi connectivity index (χ2v) is 5.38. The molecule has 0 aliphatic carbocycles. The lowest BCUT2D eigenvalue weighted by atomic mass is 9.91. The van der Waals surface area contributed by atoms with Crippen molar-refractivity contribution >= 4 is 17.8 Å². The Balaban J connectivity index is 2.68. The number of carbonyl (C=O) groups is 3. The molecule has 108 valence electrons. The zero-order valence-corrected chi connectivity index (χ0v) is 11.7. The summed E-state index contributed by atoms with van der Waals surface area (Å²) in [4.78, 5) is 36.5. The van der Waals surface area contributed by atoms with Gasteiger partial charge in [-0.25, -0.2) is 4.79 Å². The summed E-state index contributed by atoms with van der Waals surface area (Å²) in [7, 11) is 1.70. The molecule has 19 heavy (non-hydrogen) atoms. The molecule has 0 radical (unpaired) electrons. The fourth-order valence-corrected chi connectivity index (χ4v) is 2.26. The first kappa shape index (κ1) is 15.5. The maximum atomic E-state index is 12.1. The normalized spacial score (nSPS) is 22.8. The van der Waals surface area contributed by atoms with Crippen molar-refractivity contribution in [3.8, 4) is 0 Å². The van der Waals surface area contributed by atoms with Crippen molar-refractivity contribution < 1.29 is 19.5 Å². The molecule has 2 atom stereocenters. The van der Waals surface area contributed by atoms with E-state index in [0.717, 1.165) is 0 Å². The molecule has 6 heteroatoms. The Morgan fingerprint density at radius 3 is 2.63 bits per heavy atom. The molecule has 1 heterocycles. The van der Waals surface area contributed by atoms with Gasteiger partial charge in [0.15, 0.2) is 0 Å². The van der Waals surface area contributed by atoms with Crippen LogP contribution >= 0.6 is 0 Å². The Morgan fingerprint density at radius 1 is 1.53 bits per heavy atom. The van der Waals surface area contributed by atoms with E-state index in [1.165, 1.54) is 6.92 Å². The number of rotatable bonds is 5. The van der Waals surface area contributed by atoms with Gasteiger partial charge >= 0.3 is 5.97 Å². The smallest absolute Gasteiger partial charge is 0.329 e. The number of piperidine rings is 1. The molecular weight excluding hydrogens is 248 g/mol. The molecule has 0 aromatic heterocycles. The van der Waals surface area contributed by atoms with Crippen LogP contribution in [0, 0.1) is 5.92 Å². The van der Waals surface area contributed by atoms with Crippen molar-refractivity contribution in [2.75, 3.05) is 13.6 Å². The summed E-state index contributed by atoms with van der Waals surface area (Å²) < 4.78 is 0. The number of carbonyl (C=O) groups excluding carboxylic acids is 2. The summed E-state index contributed by atoms with van der Waals surface area (Å²) in [5.74, 6) is -1.86. The minimum absolute atomic E-state index is 0.0704. The summed E-state index contributed by atoms with van der Waals surface area (Å²) in [5, 5.41) is 11.8. The molecule has 0 bridgehead atoms. The van der Waals surface area contributed by atoms with Crippen molar-refractivity contribution in [1.29, 1.82) is 0 Å². The standard InChI is InChI=1S/C13H22N2O4/c1-4-6-13(2,12(18)19)14-11(17)9-5-7-15(3)10(16)8-9/h9H,4-8H2,1-3H3,(H,14,17)(H,18,19). The van der Waals surface area contributed by atoms with Gasteiger partial charge in [-0.1, -0.05) is 13.3 Å². The highest BCUT2D eigenvalue weighted by molar-refractivity contribution is 5.91. The molecule has 0 aromatic carbocycles. The summed E-state index contributed by atoms with van der Waals surface area (Å²) in [6.07, 6.45) is 1.77. The second-order valence-electron chi connectivity index (χ2n) is 5.38. The van der Waals surface area contributed by atoms with E-state index in [4.69, 9.17) is 0 Å². The van der Waals surface area contributed by atoms with Gasteiger partial charge in [0, 0.05) is 25.9 Å². The predicted molar refractivity (Wildman–Crippen MR) is 69.5 cm³/mol. The molecule has 1 aliphatic rings. The summed E-state index contributed by atoms with van der Waals surface area (Å²) >= 11 is 0. The Hall–Kier alpha value is -1.59. The third-order valence-electron chi connectivity index (χ3n) is 3.65. The lowest BCUT2D eigenvalue weighted by Gasteiger charge is -2.32. The molecule has 1 rings (SSSR count). The van der Waals surface area contributed by atoms with Gasteiger partial charge in [-0.15, -0.1) is 0 Å². The first-order chi connectivity index (χ1) is 8.80. The SMILES string of the molecule is CCCC(C)(NC(=O)C1CCN(C)C(=O)C1)C(=O)O. The second kappa shape index (κ2) is 6.04.